The van der Waals surface area contributed by atoms with E-state index in [4.69, 9.17) is 12.2 Å². The van der Waals surface area contributed by atoms with Crippen LogP contribution in [0.15, 0.2) is 23.0 Å². The van der Waals surface area contributed by atoms with Gasteiger partial charge in [0.25, 0.3) is 5.56 Å². The third kappa shape index (κ3) is 5.21. The van der Waals surface area contributed by atoms with Gasteiger partial charge in [0.05, 0.1) is 32.7 Å². The molecule has 2 atom stereocenters. The molecule has 2 fully saturated rings. The minimum atomic E-state index is 0.000624. The highest BCUT2D eigenvalue weighted by molar-refractivity contribution is 7.80. The van der Waals surface area contributed by atoms with Crippen molar-refractivity contribution in [1.82, 2.24) is 20.1 Å². The Bertz CT molecular complexity index is 818. The zero-order chi connectivity index (χ0) is 20.9. The zero-order valence-electron chi connectivity index (χ0n) is 17.7. The molecule has 0 saturated carbocycles. The maximum absolute atomic E-state index is 12.2. The molecular weight excluding hydrogens is 398 g/mol. The highest BCUT2D eigenvalue weighted by Gasteiger charge is 2.35. The van der Waals surface area contributed by atoms with Crippen LogP contribution in [0, 0.1) is 5.92 Å². The van der Waals surface area contributed by atoms with Gasteiger partial charge in [-0.1, -0.05) is 6.07 Å². The smallest absolute Gasteiger partial charge is 0.250 e. The first kappa shape index (κ1) is 21.3. The molecule has 8 heteroatoms. The van der Waals surface area contributed by atoms with E-state index in [0.29, 0.717) is 16.9 Å². The lowest BCUT2D eigenvalue weighted by Crippen LogP contribution is -3.12. The molecule has 0 aliphatic carbocycles. The van der Waals surface area contributed by atoms with Crippen molar-refractivity contribution < 1.29 is 9.69 Å². The van der Waals surface area contributed by atoms with Crippen molar-refractivity contribution in [2.24, 2.45) is 5.92 Å². The lowest BCUT2D eigenvalue weighted by atomic mass is 9.83. The number of pyridine rings is 1. The molecule has 4 rings (SSSR count). The first-order valence-corrected chi connectivity index (χ1v) is 11.8. The Morgan fingerprint density at radius 3 is 2.70 bits per heavy atom. The fraction of sp³-hybridized carbons (Fsp3) is 0.682. The predicted molar refractivity (Wildman–Crippen MR) is 121 cm³/mol. The van der Waals surface area contributed by atoms with E-state index in [2.05, 4.69) is 21.6 Å². The van der Waals surface area contributed by atoms with Crippen molar-refractivity contribution in [1.29, 1.82) is 0 Å². The average Bonchev–Trinajstić information content (AvgIpc) is 3.01. The van der Waals surface area contributed by atoms with E-state index < -0.39 is 0 Å². The average molecular weight is 433 g/mol. The molecule has 2 saturated heterocycles. The summed E-state index contributed by atoms with van der Waals surface area (Å²) in [6, 6.07) is 5.55. The quantitative estimate of drug-likeness (QED) is 0.558. The summed E-state index contributed by atoms with van der Waals surface area (Å²) in [5.74, 6) is 0.735. The maximum atomic E-state index is 12.2. The van der Waals surface area contributed by atoms with E-state index in [1.807, 2.05) is 10.6 Å². The zero-order valence-corrected chi connectivity index (χ0v) is 18.5. The van der Waals surface area contributed by atoms with Crippen molar-refractivity contribution in [2.75, 3.05) is 45.8 Å². The fourth-order valence-electron chi connectivity index (χ4n) is 5.25. The summed E-state index contributed by atoms with van der Waals surface area (Å²) in [5.41, 5.74) is 1.20. The summed E-state index contributed by atoms with van der Waals surface area (Å²) in [5, 5.41) is 6.82. The highest BCUT2D eigenvalue weighted by Crippen LogP contribution is 2.34. The minimum absolute atomic E-state index is 0.000624. The molecule has 164 valence electrons. The van der Waals surface area contributed by atoms with Gasteiger partial charge in [-0.2, -0.15) is 0 Å². The molecule has 0 radical (unpaired) electrons. The Morgan fingerprint density at radius 2 is 1.90 bits per heavy atom. The van der Waals surface area contributed by atoms with Gasteiger partial charge in [0, 0.05) is 37.3 Å². The van der Waals surface area contributed by atoms with Crippen molar-refractivity contribution in [3.05, 3.63) is 34.2 Å². The lowest BCUT2D eigenvalue weighted by molar-refractivity contribution is -0.898. The Balaban J connectivity index is 1.21. The molecule has 7 nitrogen and oxygen atoms in total. The fourth-order valence-corrected chi connectivity index (χ4v) is 5.47. The molecular formula is C22H34N5O2S+. The molecule has 30 heavy (non-hydrogen) atoms. The van der Waals surface area contributed by atoms with Gasteiger partial charge in [0.15, 0.2) is 5.11 Å². The largest absolute Gasteiger partial charge is 0.354 e. The van der Waals surface area contributed by atoms with E-state index >= 15 is 0 Å². The highest BCUT2D eigenvalue weighted by atomic mass is 32.1. The molecule has 3 N–H and O–H groups in total. The van der Waals surface area contributed by atoms with E-state index in [1.165, 1.54) is 38.8 Å². The van der Waals surface area contributed by atoms with Crippen molar-refractivity contribution in [3.63, 3.8) is 0 Å². The van der Waals surface area contributed by atoms with E-state index in [9.17, 15) is 9.59 Å². The second kappa shape index (κ2) is 9.92. The second-order valence-corrected chi connectivity index (χ2v) is 9.41. The van der Waals surface area contributed by atoms with Gasteiger partial charge in [-0.15, -0.1) is 0 Å². The van der Waals surface area contributed by atoms with Crippen LogP contribution >= 0.6 is 12.2 Å². The third-order valence-corrected chi connectivity index (χ3v) is 7.18. The molecule has 4 heterocycles. The standard InChI is InChI=1S/C22H33N5O2S/c28-20(23-8-11-25-9-3-1-2-4-10-25)13-24-22(30)26-14-17-12-18(16-26)19-6-5-7-21(29)27(19)15-17/h5-7,17-18H,1-4,8-16H2,(H,23,28)(H,24,30)/p+1. The van der Waals surface area contributed by atoms with Crippen LogP contribution in [-0.2, 0) is 11.3 Å². The molecule has 3 aliphatic rings. The number of nitrogens with zero attached hydrogens (tertiary/aromatic N) is 2. The number of nitrogens with one attached hydrogen (secondary N) is 3. The summed E-state index contributed by atoms with van der Waals surface area (Å²) < 4.78 is 1.92. The molecule has 2 unspecified atom stereocenters. The number of thiocarbonyl (C=S) groups is 1. The number of rotatable bonds is 5. The Kier molecular flexibility index (Phi) is 7.04. The van der Waals surface area contributed by atoms with Gasteiger partial charge in [0.1, 0.15) is 0 Å². The van der Waals surface area contributed by atoms with Crippen LogP contribution in [0.2, 0.25) is 0 Å². The van der Waals surface area contributed by atoms with Crippen LogP contribution < -0.4 is 21.1 Å². The minimum Gasteiger partial charge on any atom is -0.354 e. The maximum Gasteiger partial charge on any atom is 0.250 e. The van der Waals surface area contributed by atoms with Crippen LogP contribution in [0.25, 0.3) is 0 Å². The van der Waals surface area contributed by atoms with E-state index in [-0.39, 0.29) is 18.0 Å². The van der Waals surface area contributed by atoms with Crippen LogP contribution in [0.4, 0.5) is 0 Å². The number of quaternary nitrogens is 1. The topological polar surface area (TPSA) is 70.8 Å². The summed E-state index contributed by atoms with van der Waals surface area (Å²) in [4.78, 5) is 28.2. The number of aromatic nitrogens is 1. The van der Waals surface area contributed by atoms with Crippen LogP contribution in [0.5, 0.6) is 0 Å². The molecule has 3 aliphatic heterocycles. The molecule has 2 bridgehead atoms. The number of fused-ring (bicyclic) bond motifs is 4. The van der Waals surface area contributed by atoms with Gasteiger partial charge in [-0.05, 0) is 56.3 Å². The van der Waals surface area contributed by atoms with Gasteiger partial charge in [0.2, 0.25) is 5.91 Å². The number of piperidine rings is 1. The number of hydrogen-bond acceptors (Lipinski definition) is 3. The Morgan fingerprint density at radius 1 is 1.10 bits per heavy atom. The number of hydrogen-bond donors (Lipinski definition) is 3. The van der Waals surface area contributed by atoms with E-state index in [0.717, 1.165) is 44.8 Å². The van der Waals surface area contributed by atoms with Crippen molar-refractivity contribution >= 4 is 23.2 Å². The lowest BCUT2D eigenvalue weighted by Gasteiger charge is -2.43. The predicted octanol–water partition coefficient (Wildman–Crippen LogP) is -0.283. The number of likely N-dealkylation sites (tertiary alicyclic amines) is 2. The SMILES string of the molecule is O=C(CNC(=S)N1CC2CC(C1)c1cccc(=O)n1C2)NCC[NH+]1CCCCCC1. The normalized spacial score (nSPS) is 23.9. The van der Waals surface area contributed by atoms with Crippen LogP contribution in [0.3, 0.4) is 0 Å². The second-order valence-electron chi connectivity index (χ2n) is 9.03. The van der Waals surface area contributed by atoms with Gasteiger partial charge >= 0.3 is 0 Å². The Hall–Kier alpha value is -1.93. The summed E-state index contributed by atoms with van der Waals surface area (Å²) in [7, 11) is 0. The summed E-state index contributed by atoms with van der Waals surface area (Å²) in [6.45, 7) is 6.79. The van der Waals surface area contributed by atoms with E-state index in [1.54, 1.807) is 11.0 Å². The number of amides is 1. The summed E-state index contributed by atoms with van der Waals surface area (Å²) in [6.07, 6.45) is 6.39. The molecule has 1 aromatic rings. The molecule has 0 aromatic carbocycles. The first-order chi connectivity index (χ1) is 14.6. The monoisotopic (exact) mass is 432 g/mol. The van der Waals surface area contributed by atoms with Gasteiger partial charge < -0.3 is 25.0 Å². The first-order valence-electron chi connectivity index (χ1n) is 11.4. The van der Waals surface area contributed by atoms with Crippen LogP contribution in [0.1, 0.15) is 43.7 Å². The molecule has 0 spiro atoms. The van der Waals surface area contributed by atoms with Gasteiger partial charge in [-0.3, -0.25) is 9.59 Å². The van der Waals surface area contributed by atoms with Gasteiger partial charge in [-0.25, -0.2) is 0 Å². The van der Waals surface area contributed by atoms with Crippen LogP contribution in [-0.4, -0.2) is 66.3 Å². The van der Waals surface area contributed by atoms with Crippen molar-refractivity contribution in [2.45, 2.75) is 44.6 Å². The summed E-state index contributed by atoms with van der Waals surface area (Å²) >= 11 is 5.59. The number of carbonyl (C=O) groups excluding carboxylic acids is 1. The van der Waals surface area contributed by atoms with Crippen molar-refractivity contribution in [3.8, 4) is 0 Å². The third-order valence-electron chi connectivity index (χ3n) is 6.78. The number of carbonyl (C=O) groups is 1. The molecule has 1 amide bonds. The molecule has 1 aromatic heterocycles. The Labute approximate surface area is 183 Å².